The van der Waals surface area contributed by atoms with Gasteiger partial charge in [-0.3, -0.25) is 0 Å². The zero-order valence-electron chi connectivity index (χ0n) is 18.5. The molecule has 4 rings (SSSR count). The summed E-state index contributed by atoms with van der Waals surface area (Å²) in [5.41, 5.74) is 0. The van der Waals surface area contributed by atoms with Crippen LogP contribution in [0, 0.1) is 0 Å². The third-order valence-corrected chi connectivity index (χ3v) is 16.7. The van der Waals surface area contributed by atoms with Gasteiger partial charge in [0.25, 0.3) is 0 Å². The molecule has 168 valence electrons. The van der Waals surface area contributed by atoms with Crippen LogP contribution >= 0.6 is 22.6 Å². The van der Waals surface area contributed by atoms with Crippen LogP contribution in [0.2, 0.25) is 0 Å². The normalized spacial score (nSPS) is 13.9. The fourth-order valence-electron chi connectivity index (χ4n) is 4.58. The highest BCUT2D eigenvalue weighted by atomic mass is 127. The van der Waals surface area contributed by atoms with Gasteiger partial charge >= 0.3 is 0 Å². The van der Waals surface area contributed by atoms with Crippen LogP contribution in [0.3, 0.4) is 0 Å². The molecule has 0 heterocycles. The fraction of sp³-hybridized carbons (Fsp3) is 0.143. The smallest absolute Gasteiger partial charge is 0.180 e. The number of rotatable bonds is 8. The molecule has 0 aliphatic carbocycles. The molecule has 33 heavy (non-hydrogen) atoms. The van der Waals surface area contributed by atoms with E-state index in [1.165, 1.54) is 15.6 Å². The number of sulfone groups is 1. The van der Waals surface area contributed by atoms with Gasteiger partial charge in [0.05, 0.1) is 10.1 Å². The van der Waals surface area contributed by atoms with E-state index in [-0.39, 0.29) is 3.55 Å². The van der Waals surface area contributed by atoms with Crippen molar-refractivity contribution in [3.8, 4) is 0 Å². The Morgan fingerprint density at radius 3 is 1.33 bits per heavy atom. The van der Waals surface area contributed by atoms with Crippen LogP contribution in [0.1, 0.15) is 13.3 Å². The molecule has 0 bridgehead atoms. The average Bonchev–Trinajstić information content (AvgIpc) is 2.87. The zero-order chi connectivity index (χ0) is 23.3. The van der Waals surface area contributed by atoms with E-state index >= 15 is 0 Å². The molecule has 0 aliphatic heterocycles. The predicted octanol–water partition coefficient (Wildman–Crippen LogP) is 4.75. The predicted molar refractivity (Wildman–Crippen MR) is 149 cm³/mol. The lowest BCUT2D eigenvalue weighted by molar-refractivity contribution is 0.580. The van der Waals surface area contributed by atoms with Crippen molar-refractivity contribution in [2.45, 2.75) is 27.0 Å². The lowest BCUT2D eigenvalue weighted by atomic mass is 10.3. The highest BCUT2D eigenvalue weighted by molar-refractivity contribution is 14.1. The molecule has 2 atom stereocenters. The maximum atomic E-state index is 13.4. The van der Waals surface area contributed by atoms with Gasteiger partial charge in [0.15, 0.2) is 17.9 Å². The molecule has 0 N–H and O–H groups in total. The molecule has 0 saturated heterocycles. The van der Waals surface area contributed by atoms with Crippen LogP contribution in [0.4, 0.5) is 0 Å². The van der Waals surface area contributed by atoms with E-state index in [2.05, 4.69) is 95.4 Å². The summed E-state index contributed by atoms with van der Waals surface area (Å²) in [5, 5.41) is 3.40. The van der Waals surface area contributed by atoms with Crippen LogP contribution in [-0.2, 0) is 9.84 Å². The summed E-state index contributed by atoms with van der Waals surface area (Å²) in [4.78, 5) is 0.396. The zero-order valence-corrected chi connectivity index (χ0v) is 22.5. The second-order valence-electron chi connectivity index (χ2n) is 8.28. The summed E-state index contributed by atoms with van der Waals surface area (Å²) < 4.78 is 27.0. The number of hydrogen-bond donors (Lipinski definition) is 0. The minimum atomic E-state index is -3.42. The lowest BCUT2D eigenvalue weighted by Crippen LogP contribution is -2.73. The van der Waals surface area contributed by atoms with E-state index in [9.17, 15) is 8.42 Å². The van der Waals surface area contributed by atoms with Crippen molar-refractivity contribution in [1.29, 1.82) is 0 Å². The first kappa shape index (κ1) is 23.9. The van der Waals surface area contributed by atoms with Gasteiger partial charge in [0.2, 0.25) is 0 Å². The third kappa shape index (κ3) is 4.72. The SMILES string of the molecule is CC(CC(I)[Si](c1ccccc1)(c1ccccc1)c1ccccc1)S(=O)(=O)c1ccccc1. The second-order valence-corrected chi connectivity index (χ2v) is 17.4. The number of benzene rings is 4. The van der Waals surface area contributed by atoms with Gasteiger partial charge in [0, 0.05) is 3.55 Å². The molecule has 0 aromatic heterocycles. The molecule has 0 radical (unpaired) electrons. The number of halogens is 1. The molecule has 2 nitrogen and oxygen atoms in total. The molecule has 0 spiro atoms. The Kier molecular flexibility index (Phi) is 7.51. The van der Waals surface area contributed by atoms with E-state index in [0.717, 1.165) is 0 Å². The maximum absolute atomic E-state index is 13.4. The largest absolute Gasteiger partial charge is 0.223 e. The van der Waals surface area contributed by atoms with Gasteiger partial charge in [-0.1, -0.05) is 132 Å². The van der Waals surface area contributed by atoms with Crippen LogP contribution < -0.4 is 15.6 Å². The monoisotopic (exact) mass is 582 g/mol. The van der Waals surface area contributed by atoms with Crippen LogP contribution in [0.15, 0.2) is 126 Å². The summed E-state index contributed by atoms with van der Waals surface area (Å²) >= 11 is 2.54. The fourth-order valence-corrected chi connectivity index (χ4v) is 15.5. The molecular weight excluding hydrogens is 555 g/mol. The van der Waals surface area contributed by atoms with E-state index in [1.807, 2.05) is 31.2 Å². The van der Waals surface area contributed by atoms with E-state index in [0.29, 0.717) is 11.3 Å². The van der Waals surface area contributed by atoms with Crippen molar-refractivity contribution in [1.82, 2.24) is 0 Å². The van der Waals surface area contributed by atoms with Crippen molar-refractivity contribution in [2.24, 2.45) is 0 Å². The summed E-state index contributed by atoms with van der Waals surface area (Å²) in [6.45, 7) is 1.86. The first-order valence-corrected chi connectivity index (χ1v) is 15.9. The second kappa shape index (κ2) is 10.4. The van der Waals surface area contributed by atoms with Gasteiger partial charge in [-0.05, 0) is 41.0 Å². The number of hydrogen-bond acceptors (Lipinski definition) is 2. The van der Waals surface area contributed by atoms with E-state index in [1.54, 1.807) is 24.3 Å². The molecule has 0 aliphatic rings. The van der Waals surface area contributed by atoms with Crippen LogP contribution in [-0.4, -0.2) is 25.3 Å². The standard InChI is InChI=1S/C28H27IO2SSi/c1-23(32(30,31)24-14-6-2-7-15-24)22-28(29)33(25-16-8-3-9-17-25,26-18-10-4-11-19-26)27-20-12-5-13-21-27/h2-21,23,28H,22H2,1H3. The first-order chi connectivity index (χ1) is 16.0. The molecule has 2 unspecified atom stereocenters. The molecular formula is C28H27IO2SSi. The summed E-state index contributed by atoms with van der Waals surface area (Å²) in [6.07, 6.45) is 0.572. The van der Waals surface area contributed by atoms with E-state index in [4.69, 9.17) is 0 Å². The molecule has 5 heteroatoms. The Labute approximate surface area is 211 Å². The Bertz CT molecular complexity index is 1170. The van der Waals surface area contributed by atoms with Gasteiger partial charge in [-0.15, -0.1) is 0 Å². The van der Waals surface area contributed by atoms with Gasteiger partial charge in [-0.25, -0.2) is 8.42 Å². The summed E-state index contributed by atoms with van der Waals surface area (Å²) in [6, 6.07) is 40.8. The summed E-state index contributed by atoms with van der Waals surface area (Å²) in [5.74, 6) is 0. The van der Waals surface area contributed by atoms with Crippen molar-refractivity contribution >= 4 is 56.1 Å². The molecule has 0 saturated carbocycles. The minimum Gasteiger partial charge on any atom is -0.223 e. The molecule has 4 aromatic rings. The maximum Gasteiger partial charge on any atom is 0.180 e. The summed E-state index contributed by atoms with van der Waals surface area (Å²) in [7, 11) is -5.97. The number of alkyl halides is 1. The van der Waals surface area contributed by atoms with Crippen molar-refractivity contribution < 1.29 is 8.42 Å². The van der Waals surface area contributed by atoms with Crippen molar-refractivity contribution in [2.75, 3.05) is 0 Å². The molecule has 0 fully saturated rings. The Hall–Kier alpha value is -2.22. The first-order valence-electron chi connectivity index (χ1n) is 11.1. The van der Waals surface area contributed by atoms with Gasteiger partial charge in [-0.2, -0.15) is 0 Å². The minimum absolute atomic E-state index is 0.121. The highest BCUT2D eigenvalue weighted by Gasteiger charge is 2.46. The quantitative estimate of drug-likeness (QED) is 0.130. The Balaban J connectivity index is 1.86. The van der Waals surface area contributed by atoms with Gasteiger partial charge < -0.3 is 0 Å². The lowest BCUT2D eigenvalue weighted by Gasteiger charge is -2.39. The third-order valence-electron chi connectivity index (χ3n) is 6.30. The van der Waals surface area contributed by atoms with Crippen LogP contribution in [0.25, 0.3) is 0 Å². The average molecular weight is 583 g/mol. The highest BCUT2D eigenvalue weighted by Crippen LogP contribution is 2.28. The van der Waals surface area contributed by atoms with Crippen molar-refractivity contribution in [3.05, 3.63) is 121 Å². The van der Waals surface area contributed by atoms with Crippen molar-refractivity contribution in [3.63, 3.8) is 0 Å². The molecule has 0 amide bonds. The van der Waals surface area contributed by atoms with Crippen LogP contribution in [0.5, 0.6) is 0 Å². The topological polar surface area (TPSA) is 34.1 Å². The van der Waals surface area contributed by atoms with E-state index < -0.39 is 23.2 Å². The Morgan fingerprint density at radius 1 is 0.636 bits per heavy atom. The van der Waals surface area contributed by atoms with Gasteiger partial charge in [0.1, 0.15) is 0 Å². The Morgan fingerprint density at radius 2 is 0.970 bits per heavy atom. The molecule has 4 aromatic carbocycles.